The van der Waals surface area contributed by atoms with E-state index in [1.807, 2.05) is 66.7 Å². The van der Waals surface area contributed by atoms with Crippen molar-refractivity contribution in [3.05, 3.63) is 150 Å². The fourth-order valence-corrected chi connectivity index (χ4v) is 5.07. The van der Waals surface area contributed by atoms with E-state index in [2.05, 4.69) is 66.7 Å². The highest BCUT2D eigenvalue weighted by Gasteiger charge is 2.12. The Kier molecular flexibility index (Phi) is 5.60. The third-order valence-electron chi connectivity index (χ3n) is 7.07. The molecule has 3 heteroatoms. The second-order valence-electron chi connectivity index (χ2n) is 9.58. The minimum Gasteiger partial charge on any atom is -0.456 e. The third kappa shape index (κ3) is 4.30. The molecule has 7 aromatic rings. The van der Waals surface area contributed by atoms with Gasteiger partial charge in [-0.3, -0.25) is 4.79 Å². The molecule has 5 aromatic carbocycles. The molecular weight excluding hydrogens is 478 g/mol. The predicted molar refractivity (Wildman–Crippen MR) is 160 cm³/mol. The number of hydrogen-bond acceptors (Lipinski definition) is 3. The van der Waals surface area contributed by atoms with E-state index in [9.17, 15) is 4.79 Å². The lowest BCUT2D eigenvalue weighted by molar-refractivity contribution is 0.660. The van der Waals surface area contributed by atoms with E-state index < -0.39 is 0 Å². The molecule has 0 saturated heterocycles. The number of nitrogens with zero attached hydrogens (tertiary/aromatic N) is 1. The maximum Gasteiger partial charge on any atom is 0.200 e. The topological polar surface area (TPSA) is 43.1 Å². The van der Waals surface area contributed by atoms with Gasteiger partial charge >= 0.3 is 0 Å². The van der Waals surface area contributed by atoms with E-state index in [4.69, 9.17) is 9.40 Å². The van der Waals surface area contributed by atoms with Crippen LogP contribution < -0.4 is 5.43 Å². The largest absolute Gasteiger partial charge is 0.456 e. The van der Waals surface area contributed by atoms with Crippen molar-refractivity contribution in [2.45, 2.75) is 0 Å². The maximum absolute atomic E-state index is 13.0. The molecule has 0 fully saturated rings. The van der Waals surface area contributed by atoms with Gasteiger partial charge in [0.25, 0.3) is 0 Å². The van der Waals surface area contributed by atoms with Crippen LogP contribution >= 0.6 is 0 Å². The standard InChI is InChI=1S/C36H23NO2/c38-36-30-16-7-8-17-34(30)39-35-23-27(18-19-31(35)36)26-14-9-15-28(20-26)33-22-29(24-10-3-1-4-11-24)21-32(37-33)25-12-5-2-6-13-25/h1-23H. The van der Waals surface area contributed by atoms with Crippen LogP contribution in [0.4, 0.5) is 0 Å². The highest BCUT2D eigenvalue weighted by Crippen LogP contribution is 2.33. The monoisotopic (exact) mass is 501 g/mol. The maximum atomic E-state index is 13.0. The van der Waals surface area contributed by atoms with Gasteiger partial charge in [-0.2, -0.15) is 0 Å². The molecule has 0 unspecified atom stereocenters. The van der Waals surface area contributed by atoms with E-state index in [0.29, 0.717) is 21.9 Å². The van der Waals surface area contributed by atoms with Crippen LogP contribution in [0.2, 0.25) is 0 Å². The van der Waals surface area contributed by atoms with E-state index in [1.54, 1.807) is 6.07 Å². The first-order valence-corrected chi connectivity index (χ1v) is 12.9. The fraction of sp³-hybridized carbons (Fsp3) is 0. The van der Waals surface area contributed by atoms with Crippen molar-refractivity contribution in [3.8, 4) is 44.8 Å². The summed E-state index contributed by atoms with van der Waals surface area (Å²) in [6, 6.07) is 46.5. The highest BCUT2D eigenvalue weighted by molar-refractivity contribution is 5.92. The molecule has 0 spiro atoms. The quantitative estimate of drug-likeness (QED) is 0.226. The summed E-state index contributed by atoms with van der Waals surface area (Å²) in [6.45, 7) is 0. The van der Waals surface area contributed by atoms with Crippen LogP contribution in [0, 0.1) is 0 Å². The summed E-state index contributed by atoms with van der Waals surface area (Å²) in [4.78, 5) is 18.1. The zero-order valence-corrected chi connectivity index (χ0v) is 21.0. The van der Waals surface area contributed by atoms with Crippen LogP contribution in [0.25, 0.3) is 66.7 Å². The first-order chi connectivity index (χ1) is 19.2. The van der Waals surface area contributed by atoms with E-state index in [0.717, 1.165) is 44.8 Å². The van der Waals surface area contributed by atoms with Gasteiger partial charge in [0, 0.05) is 11.1 Å². The summed E-state index contributed by atoms with van der Waals surface area (Å²) in [5, 5.41) is 1.18. The fourth-order valence-electron chi connectivity index (χ4n) is 5.07. The molecule has 0 N–H and O–H groups in total. The molecule has 0 atom stereocenters. The molecule has 7 rings (SSSR count). The third-order valence-corrected chi connectivity index (χ3v) is 7.07. The zero-order valence-electron chi connectivity index (χ0n) is 21.0. The number of benzene rings is 5. The Hall–Kier alpha value is -5.28. The second kappa shape index (κ2) is 9.55. The molecule has 0 saturated carbocycles. The van der Waals surface area contributed by atoms with Crippen LogP contribution in [0.5, 0.6) is 0 Å². The molecule has 0 aliphatic carbocycles. The number of hydrogen-bond donors (Lipinski definition) is 0. The Bertz CT molecular complexity index is 1970. The highest BCUT2D eigenvalue weighted by atomic mass is 16.3. The van der Waals surface area contributed by atoms with Gasteiger partial charge in [-0.15, -0.1) is 0 Å². The van der Waals surface area contributed by atoms with Gasteiger partial charge in [0.1, 0.15) is 11.2 Å². The normalized spacial score (nSPS) is 11.2. The molecule has 2 heterocycles. The van der Waals surface area contributed by atoms with Crippen LogP contribution in [0.1, 0.15) is 0 Å². The number of aromatic nitrogens is 1. The van der Waals surface area contributed by atoms with Crippen LogP contribution in [0.3, 0.4) is 0 Å². The minimum atomic E-state index is -0.0116. The summed E-state index contributed by atoms with van der Waals surface area (Å²) in [5.41, 5.74) is 9.34. The van der Waals surface area contributed by atoms with Crippen molar-refractivity contribution in [1.82, 2.24) is 4.98 Å². The second-order valence-corrected chi connectivity index (χ2v) is 9.58. The smallest absolute Gasteiger partial charge is 0.200 e. The molecule has 0 aliphatic heterocycles. The molecule has 3 nitrogen and oxygen atoms in total. The molecular formula is C36H23NO2. The average Bonchev–Trinajstić information content (AvgIpc) is 3.02. The first-order valence-electron chi connectivity index (χ1n) is 12.9. The van der Waals surface area contributed by atoms with Crippen molar-refractivity contribution in [3.63, 3.8) is 0 Å². The Balaban J connectivity index is 1.36. The summed E-state index contributed by atoms with van der Waals surface area (Å²) in [6.07, 6.45) is 0. The van der Waals surface area contributed by atoms with Crippen molar-refractivity contribution in [2.75, 3.05) is 0 Å². The van der Waals surface area contributed by atoms with Crippen LogP contribution in [-0.4, -0.2) is 4.98 Å². The van der Waals surface area contributed by atoms with Gasteiger partial charge < -0.3 is 4.42 Å². The molecule has 0 amide bonds. The van der Waals surface area contributed by atoms with Crippen LogP contribution in [0.15, 0.2) is 149 Å². The molecule has 184 valence electrons. The Morgan fingerprint density at radius 1 is 0.410 bits per heavy atom. The predicted octanol–water partition coefficient (Wildman–Crippen LogP) is 9.01. The first kappa shape index (κ1) is 22.9. The summed E-state index contributed by atoms with van der Waals surface area (Å²) < 4.78 is 6.12. The lowest BCUT2D eigenvalue weighted by atomic mass is 9.97. The van der Waals surface area contributed by atoms with Crippen molar-refractivity contribution >= 4 is 21.9 Å². The van der Waals surface area contributed by atoms with Crippen LogP contribution in [-0.2, 0) is 0 Å². The van der Waals surface area contributed by atoms with Gasteiger partial charge in [-0.1, -0.05) is 97.1 Å². The van der Waals surface area contributed by atoms with E-state index in [-0.39, 0.29) is 5.43 Å². The molecule has 0 bridgehead atoms. The zero-order chi connectivity index (χ0) is 26.2. The van der Waals surface area contributed by atoms with Gasteiger partial charge in [0.15, 0.2) is 0 Å². The van der Waals surface area contributed by atoms with Gasteiger partial charge in [-0.25, -0.2) is 4.98 Å². The van der Waals surface area contributed by atoms with Gasteiger partial charge in [0.05, 0.1) is 22.2 Å². The summed E-state index contributed by atoms with van der Waals surface area (Å²) >= 11 is 0. The number of pyridine rings is 1. The SMILES string of the molecule is O=c1c2ccccc2oc2cc(-c3cccc(-c4cc(-c5ccccc5)cc(-c5ccccc5)n4)c3)ccc12. The number of para-hydroxylation sites is 1. The number of rotatable bonds is 4. The van der Waals surface area contributed by atoms with E-state index in [1.165, 1.54) is 0 Å². The Labute approximate surface area is 225 Å². The van der Waals surface area contributed by atoms with Crippen molar-refractivity contribution in [2.24, 2.45) is 0 Å². The molecule has 39 heavy (non-hydrogen) atoms. The Morgan fingerprint density at radius 3 is 1.79 bits per heavy atom. The van der Waals surface area contributed by atoms with Gasteiger partial charge in [0.2, 0.25) is 5.43 Å². The summed E-state index contributed by atoms with van der Waals surface area (Å²) in [7, 11) is 0. The molecule has 0 radical (unpaired) electrons. The molecule has 2 aromatic heterocycles. The lowest BCUT2D eigenvalue weighted by Crippen LogP contribution is -2.01. The lowest BCUT2D eigenvalue weighted by Gasteiger charge is -2.12. The number of fused-ring (bicyclic) bond motifs is 2. The van der Waals surface area contributed by atoms with Crippen molar-refractivity contribution < 1.29 is 4.42 Å². The van der Waals surface area contributed by atoms with Crippen molar-refractivity contribution in [1.29, 1.82) is 0 Å². The Morgan fingerprint density at radius 2 is 1.00 bits per heavy atom. The van der Waals surface area contributed by atoms with E-state index >= 15 is 0 Å². The average molecular weight is 502 g/mol. The minimum absolute atomic E-state index is 0.0116. The van der Waals surface area contributed by atoms with Gasteiger partial charge in [-0.05, 0) is 64.7 Å². The molecule has 0 aliphatic rings. The summed E-state index contributed by atoms with van der Waals surface area (Å²) in [5.74, 6) is 0.